The van der Waals surface area contributed by atoms with Gasteiger partial charge in [0.2, 0.25) is 0 Å². The van der Waals surface area contributed by atoms with Gasteiger partial charge in [0.1, 0.15) is 0 Å². The maximum Gasteiger partial charge on any atom is 0.159 e. The van der Waals surface area contributed by atoms with Crippen molar-refractivity contribution in [3.05, 3.63) is 17.3 Å². The number of hydrazine groups is 1. The Balaban J connectivity index is 2.03. The molecule has 6 heteroatoms. The predicted molar refractivity (Wildman–Crippen MR) is 59.7 cm³/mol. The average molecular weight is 229 g/mol. The Labute approximate surface area is 93.1 Å². The van der Waals surface area contributed by atoms with Gasteiger partial charge in [0.05, 0.1) is 30.1 Å². The average Bonchev–Trinajstić information content (AvgIpc) is 2.24. The SMILES string of the molecule is Nc1cnc(NN2CCOCC2)c(Cl)c1. The number of morpholine rings is 1. The zero-order chi connectivity index (χ0) is 10.7. The number of nitrogens with two attached hydrogens (primary N) is 1. The van der Waals surface area contributed by atoms with E-state index >= 15 is 0 Å². The van der Waals surface area contributed by atoms with E-state index in [9.17, 15) is 0 Å². The lowest BCUT2D eigenvalue weighted by molar-refractivity contribution is 0.0495. The molecule has 2 rings (SSSR count). The van der Waals surface area contributed by atoms with Crippen LogP contribution in [0.2, 0.25) is 5.02 Å². The van der Waals surface area contributed by atoms with E-state index in [0.29, 0.717) is 16.5 Å². The number of hydrogen-bond acceptors (Lipinski definition) is 5. The standard InChI is InChI=1S/C9H13ClN4O/c10-8-5-7(11)6-12-9(8)13-14-1-3-15-4-2-14/h5-6H,1-4,11H2,(H,12,13). The number of nitrogens with one attached hydrogen (secondary N) is 1. The highest BCUT2D eigenvalue weighted by atomic mass is 35.5. The Hall–Kier alpha value is -1.04. The number of nitrogens with zero attached hydrogens (tertiary/aromatic N) is 2. The van der Waals surface area contributed by atoms with Gasteiger partial charge in [-0.3, -0.25) is 0 Å². The molecule has 15 heavy (non-hydrogen) atoms. The summed E-state index contributed by atoms with van der Waals surface area (Å²) in [6.45, 7) is 3.09. The van der Waals surface area contributed by atoms with Crippen LogP contribution in [0.15, 0.2) is 12.3 Å². The number of rotatable bonds is 2. The highest BCUT2D eigenvalue weighted by Crippen LogP contribution is 2.21. The van der Waals surface area contributed by atoms with Crippen molar-refractivity contribution in [1.29, 1.82) is 0 Å². The van der Waals surface area contributed by atoms with Crippen LogP contribution in [0.4, 0.5) is 11.5 Å². The monoisotopic (exact) mass is 228 g/mol. The van der Waals surface area contributed by atoms with Crippen LogP contribution in [0.5, 0.6) is 0 Å². The molecule has 2 heterocycles. The summed E-state index contributed by atoms with van der Waals surface area (Å²) < 4.78 is 5.23. The van der Waals surface area contributed by atoms with Crippen molar-refractivity contribution >= 4 is 23.1 Å². The lowest BCUT2D eigenvalue weighted by atomic mass is 10.4. The van der Waals surface area contributed by atoms with Crippen LogP contribution in [0.1, 0.15) is 0 Å². The molecule has 1 aromatic heterocycles. The van der Waals surface area contributed by atoms with E-state index < -0.39 is 0 Å². The number of nitrogen functional groups attached to an aromatic ring is 1. The fourth-order valence-corrected chi connectivity index (χ4v) is 1.58. The second-order valence-electron chi connectivity index (χ2n) is 3.31. The molecule has 5 nitrogen and oxygen atoms in total. The maximum atomic E-state index is 5.99. The van der Waals surface area contributed by atoms with Crippen molar-refractivity contribution in [1.82, 2.24) is 9.99 Å². The number of pyridine rings is 1. The summed E-state index contributed by atoms with van der Waals surface area (Å²) in [5, 5.41) is 2.55. The van der Waals surface area contributed by atoms with Crippen LogP contribution >= 0.6 is 11.6 Å². The van der Waals surface area contributed by atoms with Gasteiger partial charge in [0, 0.05) is 13.1 Å². The van der Waals surface area contributed by atoms with Gasteiger partial charge in [-0.1, -0.05) is 11.6 Å². The molecule has 0 saturated carbocycles. The topological polar surface area (TPSA) is 63.4 Å². The number of hydrogen-bond donors (Lipinski definition) is 2. The second kappa shape index (κ2) is 4.65. The molecule has 1 aliphatic heterocycles. The molecule has 1 saturated heterocycles. The lowest BCUT2D eigenvalue weighted by Crippen LogP contribution is -2.40. The molecule has 0 unspecified atom stereocenters. The lowest BCUT2D eigenvalue weighted by Gasteiger charge is -2.27. The molecule has 0 radical (unpaired) electrons. The molecular weight excluding hydrogens is 216 g/mol. The number of aromatic nitrogens is 1. The highest BCUT2D eigenvalue weighted by molar-refractivity contribution is 6.33. The fraction of sp³-hybridized carbons (Fsp3) is 0.444. The molecule has 0 aliphatic carbocycles. The van der Waals surface area contributed by atoms with Gasteiger partial charge in [-0.05, 0) is 6.07 Å². The first-order chi connectivity index (χ1) is 7.25. The predicted octanol–water partition coefficient (Wildman–Crippen LogP) is 0.976. The quantitative estimate of drug-likeness (QED) is 0.790. The molecule has 0 amide bonds. The van der Waals surface area contributed by atoms with Crippen LogP contribution in [-0.2, 0) is 4.74 Å². The number of anilines is 2. The van der Waals surface area contributed by atoms with Crippen molar-refractivity contribution < 1.29 is 4.74 Å². The van der Waals surface area contributed by atoms with Gasteiger partial charge < -0.3 is 15.9 Å². The Bertz CT molecular complexity index is 341. The summed E-state index contributed by atoms with van der Waals surface area (Å²) in [6.07, 6.45) is 1.58. The van der Waals surface area contributed by atoms with Crippen LogP contribution in [-0.4, -0.2) is 36.3 Å². The summed E-state index contributed by atoms with van der Waals surface area (Å²) in [5.41, 5.74) is 9.25. The summed E-state index contributed by atoms with van der Waals surface area (Å²) in [7, 11) is 0. The molecule has 82 valence electrons. The van der Waals surface area contributed by atoms with Gasteiger partial charge in [-0.25, -0.2) is 9.99 Å². The van der Waals surface area contributed by atoms with Crippen LogP contribution in [0.25, 0.3) is 0 Å². The second-order valence-corrected chi connectivity index (χ2v) is 3.72. The zero-order valence-corrected chi connectivity index (χ0v) is 9.00. The minimum Gasteiger partial charge on any atom is -0.397 e. The molecule has 0 aromatic carbocycles. The number of ether oxygens (including phenoxy) is 1. The Morgan fingerprint density at radius 1 is 1.47 bits per heavy atom. The van der Waals surface area contributed by atoms with Crippen LogP contribution in [0.3, 0.4) is 0 Å². The van der Waals surface area contributed by atoms with E-state index in [1.807, 2.05) is 5.01 Å². The van der Waals surface area contributed by atoms with Crippen molar-refractivity contribution in [2.75, 3.05) is 37.5 Å². The minimum atomic E-state index is 0.529. The van der Waals surface area contributed by atoms with Gasteiger partial charge in [-0.15, -0.1) is 0 Å². The zero-order valence-electron chi connectivity index (χ0n) is 8.24. The summed E-state index contributed by atoms with van der Waals surface area (Å²) in [4.78, 5) is 4.12. The van der Waals surface area contributed by atoms with E-state index in [1.165, 1.54) is 0 Å². The molecule has 3 N–H and O–H groups in total. The molecule has 0 bridgehead atoms. The molecular formula is C9H13ClN4O. The van der Waals surface area contributed by atoms with Crippen molar-refractivity contribution in [3.8, 4) is 0 Å². The van der Waals surface area contributed by atoms with Crippen molar-refractivity contribution in [2.45, 2.75) is 0 Å². The van der Waals surface area contributed by atoms with Gasteiger partial charge in [0.25, 0.3) is 0 Å². The first-order valence-corrected chi connectivity index (χ1v) is 5.14. The summed E-state index contributed by atoms with van der Waals surface area (Å²) in [5.74, 6) is 0.632. The molecule has 0 spiro atoms. The molecule has 1 fully saturated rings. The van der Waals surface area contributed by atoms with Gasteiger partial charge >= 0.3 is 0 Å². The van der Waals surface area contributed by atoms with E-state index in [2.05, 4.69) is 10.4 Å². The molecule has 0 atom stereocenters. The Morgan fingerprint density at radius 3 is 2.87 bits per heavy atom. The van der Waals surface area contributed by atoms with E-state index in [0.717, 1.165) is 26.3 Å². The fourth-order valence-electron chi connectivity index (χ4n) is 1.36. The maximum absolute atomic E-state index is 5.99. The Morgan fingerprint density at radius 2 is 2.20 bits per heavy atom. The van der Waals surface area contributed by atoms with E-state index in [1.54, 1.807) is 12.3 Å². The summed E-state index contributed by atoms with van der Waals surface area (Å²) >= 11 is 5.99. The Kier molecular flexibility index (Phi) is 3.25. The third kappa shape index (κ3) is 2.71. The third-order valence-corrected chi connectivity index (χ3v) is 2.43. The van der Waals surface area contributed by atoms with E-state index in [4.69, 9.17) is 22.1 Å². The smallest absolute Gasteiger partial charge is 0.159 e. The summed E-state index contributed by atoms with van der Waals surface area (Å²) in [6, 6.07) is 1.68. The van der Waals surface area contributed by atoms with Crippen molar-refractivity contribution in [3.63, 3.8) is 0 Å². The normalized spacial score (nSPS) is 17.7. The third-order valence-electron chi connectivity index (χ3n) is 2.14. The first kappa shape index (κ1) is 10.5. The first-order valence-electron chi connectivity index (χ1n) is 4.76. The van der Waals surface area contributed by atoms with Crippen molar-refractivity contribution in [2.24, 2.45) is 0 Å². The van der Waals surface area contributed by atoms with Gasteiger partial charge in [0.15, 0.2) is 5.82 Å². The van der Waals surface area contributed by atoms with Crippen LogP contribution < -0.4 is 11.2 Å². The molecule has 1 aromatic rings. The van der Waals surface area contributed by atoms with Gasteiger partial charge in [-0.2, -0.15) is 0 Å². The number of halogens is 1. The minimum absolute atomic E-state index is 0.529. The van der Waals surface area contributed by atoms with E-state index in [-0.39, 0.29) is 0 Å². The molecule has 1 aliphatic rings. The largest absolute Gasteiger partial charge is 0.397 e. The van der Waals surface area contributed by atoms with Crippen LogP contribution in [0, 0.1) is 0 Å². The highest BCUT2D eigenvalue weighted by Gasteiger charge is 2.12.